The second-order valence-corrected chi connectivity index (χ2v) is 5.93. The molecular formula is C18H17F4NO3. The maximum absolute atomic E-state index is 13.8. The lowest BCUT2D eigenvalue weighted by Crippen LogP contribution is -2.64. The van der Waals surface area contributed by atoms with Gasteiger partial charge in [-0.25, -0.2) is 9.18 Å². The monoisotopic (exact) mass is 371 g/mol. The number of esters is 1. The predicted octanol–water partition coefficient (Wildman–Crippen LogP) is 3.30. The lowest BCUT2D eigenvalue weighted by atomic mass is 9.84. The van der Waals surface area contributed by atoms with E-state index in [2.05, 4.69) is 11.3 Å². The maximum atomic E-state index is 13.8. The van der Waals surface area contributed by atoms with Crippen LogP contribution in [-0.2, 0) is 9.53 Å². The number of carbonyl (C=O) groups is 2. The zero-order chi connectivity index (χ0) is 19.7. The van der Waals surface area contributed by atoms with Gasteiger partial charge < -0.3 is 4.74 Å². The van der Waals surface area contributed by atoms with E-state index in [1.165, 1.54) is 18.2 Å². The molecule has 1 unspecified atom stereocenters. The highest BCUT2D eigenvalue weighted by Crippen LogP contribution is 2.42. The number of ketones is 1. The van der Waals surface area contributed by atoms with E-state index in [4.69, 9.17) is 0 Å². The Morgan fingerprint density at radius 1 is 1.27 bits per heavy atom. The van der Waals surface area contributed by atoms with Crippen LogP contribution in [0.4, 0.5) is 17.6 Å². The molecule has 1 aliphatic rings. The van der Waals surface area contributed by atoms with Gasteiger partial charge in [0.2, 0.25) is 5.54 Å². The van der Waals surface area contributed by atoms with Crippen LogP contribution in [0.5, 0.6) is 0 Å². The number of methoxy groups -OCH3 is 1. The zero-order valence-corrected chi connectivity index (χ0v) is 14.2. The smallest absolute Gasteiger partial charge is 0.417 e. The Balaban J connectivity index is 2.36. The standard InChI is InChI=1S/C18H17F4NO3/c1-11(15(24)13-6-4-5-7-14(13)19)12-8-9-17(16(25)26-3,18(20,21)22)23(2)10-12/h4-8H,1,9-10H2,2-3H3. The van der Waals surface area contributed by atoms with Crippen molar-refractivity contribution in [3.05, 3.63) is 59.4 Å². The molecule has 1 aliphatic heterocycles. The van der Waals surface area contributed by atoms with Crippen LogP contribution >= 0.6 is 0 Å². The topological polar surface area (TPSA) is 46.6 Å². The largest absolute Gasteiger partial charge is 0.467 e. The first-order chi connectivity index (χ1) is 12.1. The molecule has 0 spiro atoms. The number of likely N-dealkylation sites (N-methyl/N-ethyl adjacent to an activating group) is 1. The molecule has 0 aliphatic carbocycles. The van der Waals surface area contributed by atoms with Crippen LogP contribution in [0.15, 0.2) is 48.1 Å². The molecule has 0 N–H and O–H groups in total. The number of hydrogen-bond acceptors (Lipinski definition) is 4. The van der Waals surface area contributed by atoms with E-state index in [0.29, 0.717) is 0 Å². The first-order valence-electron chi connectivity index (χ1n) is 7.60. The van der Waals surface area contributed by atoms with Crippen molar-refractivity contribution in [1.82, 2.24) is 4.90 Å². The minimum Gasteiger partial charge on any atom is -0.467 e. The van der Waals surface area contributed by atoms with E-state index in [1.54, 1.807) is 0 Å². The number of rotatable bonds is 4. The molecule has 1 atom stereocenters. The maximum Gasteiger partial charge on any atom is 0.417 e. The summed E-state index contributed by atoms with van der Waals surface area (Å²) in [5, 5.41) is 0. The molecule has 0 saturated heterocycles. The fraction of sp³-hybridized carbons (Fsp3) is 0.333. The van der Waals surface area contributed by atoms with Crippen LogP contribution in [0, 0.1) is 5.82 Å². The van der Waals surface area contributed by atoms with Crippen LogP contribution < -0.4 is 0 Å². The Bertz CT molecular complexity index is 785. The van der Waals surface area contributed by atoms with Gasteiger partial charge >= 0.3 is 12.1 Å². The predicted molar refractivity (Wildman–Crippen MR) is 86.0 cm³/mol. The van der Waals surface area contributed by atoms with Gasteiger partial charge in [0.15, 0.2) is 5.78 Å². The first kappa shape index (κ1) is 19.8. The van der Waals surface area contributed by atoms with E-state index in [1.807, 2.05) is 0 Å². The number of carbonyl (C=O) groups excluding carboxylic acids is 2. The van der Waals surface area contributed by atoms with Crippen LogP contribution in [0.2, 0.25) is 0 Å². The van der Waals surface area contributed by atoms with Gasteiger partial charge in [-0.1, -0.05) is 24.8 Å². The quantitative estimate of drug-likeness (QED) is 0.353. The molecule has 0 aromatic heterocycles. The van der Waals surface area contributed by atoms with Gasteiger partial charge in [0.1, 0.15) is 5.82 Å². The van der Waals surface area contributed by atoms with Gasteiger partial charge in [-0.2, -0.15) is 13.2 Å². The molecule has 0 fully saturated rings. The van der Waals surface area contributed by atoms with E-state index in [0.717, 1.165) is 31.2 Å². The Labute approximate surface area is 147 Å². The second-order valence-electron chi connectivity index (χ2n) is 5.93. The number of nitrogens with zero attached hydrogens (tertiary/aromatic N) is 1. The fourth-order valence-corrected chi connectivity index (χ4v) is 2.91. The molecule has 8 heteroatoms. The van der Waals surface area contributed by atoms with Crippen LogP contribution in [-0.4, -0.2) is 49.1 Å². The molecule has 0 amide bonds. The molecule has 0 saturated carbocycles. The number of ether oxygens (including phenoxy) is 1. The summed E-state index contributed by atoms with van der Waals surface area (Å²) >= 11 is 0. The summed E-state index contributed by atoms with van der Waals surface area (Å²) in [7, 11) is 1.99. The average molecular weight is 371 g/mol. The summed E-state index contributed by atoms with van der Waals surface area (Å²) in [5.41, 5.74) is -2.99. The molecule has 4 nitrogen and oxygen atoms in total. The summed E-state index contributed by atoms with van der Waals surface area (Å²) in [6.07, 6.45) is -4.49. The average Bonchev–Trinajstić information content (AvgIpc) is 2.59. The van der Waals surface area contributed by atoms with Crippen LogP contribution in [0.1, 0.15) is 16.8 Å². The summed E-state index contributed by atoms with van der Waals surface area (Å²) in [6.45, 7) is 3.23. The van der Waals surface area contributed by atoms with Crippen LogP contribution in [0.25, 0.3) is 0 Å². The van der Waals surface area contributed by atoms with E-state index in [9.17, 15) is 27.2 Å². The number of halogens is 4. The lowest BCUT2D eigenvalue weighted by molar-refractivity contribution is -0.236. The third kappa shape index (κ3) is 3.16. The summed E-state index contributed by atoms with van der Waals surface area (Å²) < 4.78 is 58.9. The summed E-state index contributed by atoms with van der Waals surface area (Å²) in [5.74, 6) is -2.91. The summed E-state index contributed by atoms with van der Waals surface area (Å²) in [6, 6.07) is 5.26. The molecule has 2 rings (SSSR count). The highest BCUT2D eigenvalue weighted by Gasteiger charge is 2.64. The Hall–Kier alpha value is -2.48. The van der Waals surface area contributed by atoms with Crippen molar-refractivity contribution in [2.45, 2.75) is 18.1 Å². The van der Waals surface area contributed by atoms with Crippen molar-refractivity contribution < 1.29 is 31.9 Å². The molecule has 1 aromatic rings. The number of alkyl halides is 3. The lowest BCUT2D eigenvalue weighted by Gasteiger charge is -2.43. The number of benzene rings is 1. The van der Waals surface area contributed by atoms with Gasteiger partial charge in [0.05, 0.1) is 12.7 Å². The van der Waals surface area contributed by atoms with Gasteiger partial charge in [0, 0.05) is 18.5 Å². The first-order valence-corrected chi connectivity index (χ1v) is 7.60. The van der Waals surface area contributed by atoms with Gasteiger partial charge in [-0.05, 0) is 24.8 Å². The van der Waals surface area contributed by atoms with Crippen molar-refractivity contribution in [3.8, 4) is 0 Å². The SMILES string of the molecule is C=C(C(=O)c1ccccc1F)C1=CCC(C(=O)OC)(C(F)(F)F)N(C)C1. The van der Waals surface area contributed by atoms with E-state index < -0.39 is 35.7 Å². The van der Waals surface area contributed by atoms with Gasteiger partial charge in [-0.3, -0.25) is 9.69 Å². The molecule has 26 heavy (non-hydrogen) atoms. The zero-order valence-electron chi connectivity index (χ0n) is 14.2. The van der Waals surface area contributed by atoms with Crippen molar-refractivity contribution in [1.29, 1.82) is 0 Å². The highest BCUT2D eigenvalue weighted by molar-refractivity contribution is 6.11. The highest BCUT2D eigenvalue weighted by atomic mass is 19.4. The van der Waals surface area contributed by atoms with E-state index in [-0.39, 0.29) is 23.3 Å². The fourth-order valence-electron chi connectivity index (χ4n) is 2.91. The van der Waals surface area contributed by atoms with Crippen molar-refractivity contribution in [3.63, 3.8) is 0 Å². The Kier molecular flexibility index (Phi) is 5.36. The molecular weight excluding hydrogens is 354 g/mol. The molecule has 1 heterocycles. The van der Waals surface area contributed by atoms with Crippen molar-refractivity contribution in [2.24, 2.45) is 0 Å². The minimum atomic E-state index is -4.88. The van der Waals surface area contributed by atoms with Crippen molar-refractivity contribution in [2.75, 3.05) is 20.7 Å². The second kappa shape index (κ2) is 7.03. The van der Waals surface area contributed by atoms with Gasteiger partial charge in [-0.15, -0.1) is 0 Å². The normalized spacial score (nSPS) is 21.1. The Morgan fingerprint density at radius 3 is 2.38 bits per heavy atom. The molecule has 0 bridgehead atoms. The van der Waals surface area contributed by atoms with Gasteiger partial charge in [0.25, 0.3) is 0 Å². The molecule has 140 valence electrons. The third-order valence-corrected chi connectivity index (χ3v) is 4.48. The Morgan fingerprint density at radius 2 is 1.88 bits per heavy atom. The van der Waals surface area contributed by atoms with E-state index >= 15 is 0 Å². The number of Topliss-reactive ketones (excluding diaryl/α,β-unsaturated/α-hetero) is 1. The molecule has 1 aromatic carbocycles. The van der Waals surface area contributed by atoms with Crippen LogP contribution in [0.3, 0.4) is 0 Å². The summed E-state index contributed by atoms with van der Waals surface area (Å²) in [4.78, 5) is 25.0. The molecule has 0 radical (unpaired) electrons. The number of hydrogen-bond donors (Lipinski definition) is 0. The minimum absolute atomic E-state index is 0.123. The van der Waals surface area contributed by atoms with Crippen molar-refractivity contribution >= 4 is 11.8 Å². The third-order valence-electron chi connectivity index (χ3n) is 4.48.